The van der Waals surface area contributed by atoms with Gasteiger partial charge in [-0.2, -0.15) is 0 Å². The molecule has 144 valence electrons. The fraction of sp³-hybridized carbons (Fsp3) is 0.476. The molecular formula is C21H25NO3S2. The normalized spacial score (nSPS) is 25.6. The SMILES string of the molecule is Cc1cc(Sc2cc([C@@]3(O)CCO[C@@H](C)C3)cs2)cc2c1N(C)C(=O)CC2. The van der Waals surface area contributed by atoms with Gasteiger partial charge in [-0.25, -0.2) is 0 Å². The minimum absolute atomic E-state index is 0.0859. The Morgan fingerprint density at radius 2 is 2.15 bits per heavy atom. The molecule has 1 amide bonds. The van der Waals surface area contributed by atoms with Crippen molar-refractivity contribution in [2.75, 3.05) is 18.6 Å². The average Bonchev–Trinajstić information content (AvgIpc) is 3.07. The zero-order chi connectivity index (χ0) is 19.2. The number of thiophene rings is 1. The Balaban J connectivity index is 1.56. The molecule has 0 unspecified atom stereocenters. The Morgan fingerprint density at radius 3 is 2.93 bits per heavy atom. The highest BCUT2D eigenvalue weighted by molar-refractivity contribution is 8.01. The number of aliphatic hydroxyl groups is 1. The van der Waals surface area contributed by atoms with Crippen molar-refractivity contribution < 1.29 is 14.6 Å². The van der Waals surface area contributed by atoms with E-state index in [1.807, 2.05) is 14.0 Å². The fourth-order valence-electron chi connectivity index (χ4n) is 4.14. The van der Waals surface area contributed by atoms with Crippen LogP contribution in [-0.2, 0) is 21.6 Å². The van der Waals surface area contributed by atoms with Crippen LogP contribution in [0.1, 0.15) is 42.9 Å². The van der Waals surface area contributed by atoms with E-state index >= 15 is 0 Å². The first-order valence-electron chi connectivity index (χ1n) is 9.37. The Kier molecular flexibility index (Phi) is 5.10. The molecule has 2 atom stereocenters. The number of benzene rings is 1. The maximum atomic E-state index is 12.0. The molecule has 2 aromatic rings. The number of amides is 1. The molecular weight excluding hydrogens is 378 g/mol. The number of rotatable bonds is 3. The lowest BCUT2D eigenvalue weighted by Crippen LogP contribution is -2.37. The second-order valence-electron chi connectivity index (χ2n) is 7.62. The second kappa shape index (κ2) is 7.24. The van der Waals surface area contributed by atoms with Crippen molar-refractivity contribution in [2.45, 2.75) is 60.3 Å². The Hall–Kier alpha value is -1.34. The van der Waals surface area contributed by atoms with E-state index in [-0.39, 0.29) is 12.0 Å². The number of fused-ring (bicyclic) bond motifs is 1. The van der Waals surface area contributed by atoms with Crippen LogP contribution >= 0.6 is 23.1 Å². The minimum Gasteiger partial charge on any atom is -0.385 e. The monoisotopic (exact) mass is 403 g/mol. The molecule has 2 aliphatic rings. The standard InChI is InChI=1S/C21H25NO3S2/c1-13-8-17(9-15-4-5-18(23)22(3)20(13)15)27-19-10-16(12-26-19)21(24)6-7-25-14(2)11-21/h8-10,12,14,24H,4-7,11H2,1-3H3/t14-,21+/m0/s1. The van der Waals surface area contributed by atoms with Gasteiger partial charge in [0, 0.05) is 36.9 Å². The van der Waals surface area contributed by atoms with Gasteiger partial charge in [0.15, 0.2) is 0 Å². The van der Waals surface area contributed by atoms with E-state index < -0.39 is 5.60 Å². The number of hydrogen-bond acceptors (Lipinski definition) is 5. The highest BCUT2D eigenvalue weighted by Gasteiger charge is 2.35. The maximum absolute atomic E-state index is 12.0. The van der Waals surface area contributed by atoms with Crippen LogP contribution in [0.5, 0.6) is 0 Å². The van der Waals surface area contributed by atoms with Gasteiger partial charge in [0.25, 0.3) is 0 Å². The molecule has 1 fully saturated rings. The van der Waals surface area contributed by atoms with Gasteiger partial charge in [-0.15, -0.1) is 11.3 Å². The number of ether oxygens (including phenoxy) is 1. The highest BCUT2D eigenvalue weighted by Crippen LogP contribution is 2.42. The van der Waals surface area contributed by atoms with Gasteiger partial charge in [0.05, 0.1) is 22.5 Å². The van der Waals surface area contributed by atoms with Crippen molar-refractivity contribution in [1.82, 2.24) is 0 Å². The number of hydrogen-bond donors (Lipinski definition) is 1. The van der Waals surface area contributed by atoms with Gasteiger partial charge in [0.1, 0.15) is 0 Å². The first-order valence-corrected chi connectivity index (χ1v) is 11.1. The summed E-state index contributed by atoms with van der Waals surface area (Å²) < 4.78 is 6.77. The summed E-state index contributed by atoms with van der Waals surface area (Å²) in [4.78, 5) is 15.0. The van der Waals surface area contributed by atoms with E-state index in [1.165, 1.54) is 14.7 Å². The molecule has 0 saturated carbocycles. The Labute approximate surface area is 168 Å². The zero-order valence-electron chi connectivity index (χ0n) is 15.9. The third kappa shape index (κ3) is 3.68. The lowest BCUT2D eigenvalue weighted by molar-refractivity contribution is -0.118. The number of anilines is 1. The van der Waals surface area contributed by atoms with Gasteiger partial charge in [-0.1, -0.05) is 11.8 Å². The van der Waals surface area contributed by atoms with Crippen LogP contribution in [0, 0.1) is 6.92 Å². The van der Waals surface area contributed by atoms with E-state index in [1.54, 1.807) is 28.0 Å². The predicted octanol–water partition coefficient (Wildman–Crippen LogP) is 4.50. The summed E-state index contributed by atoms with van der Waals surface area (Å²) in [7, 11) is 1.86. The van der Waals surface area contributed by atoms with Crippen LogP contribution in [0.2, 0.25) is 0 Å². The molecule has 3 heterocycles. The Bertz CT molecular complexity index is 878. The minimum atomic E-state index is -0.776. The first kappa shape index (κ1) is 19.0. The van der Waals surface area contributed by atoms with Crippen molar-refractivity contribution in [3.05, 3.63) is 40.3 Å². The quantitative estimate of drug-likeness (QED) is 0.820. The van der Waals surface area contributed by atoms with E-state index in [4.69, 9.17) is 4.74 Å². The smallest absolute Gasteiger partial charge is 0.227 e. The molecule has 4 rings (SSSR count). The van der Waals surface area contributed by atoms with Crippen LogP contribution in [0.25, 0.3) is 0 Å². The highest BCUT2D eigenvalue weighted by atomic mass is 32.2. The molecule has 0 radical (unpaired) electrons. The summed E-state index contributed by atoms with van der Waals surface area (Å²) in [5, 5.41) is 13.1. The maximum Gasteiger partial charge on any atom is 0.227 e. The lowest BCUT2D eigenvalue weighted by atomic mass is 9.86. The average molecular weight is 404 g/mol. The largest absolute Gasteiger partial charge is 0.385 e. The molecule has 1 aromatic carbocycles. The van der Waals surface area contributed by atoms with Crippen LogP contribution < -0.4 is 4.90 Å². The zero-order valence-corrected chi connectivity index (χ0v) is 17.6. The third-order valence-corrected chi connectivity index (χ3v) is 7.60. The number of carbonyl (C=O) groups excluding carboxylic acids is 1. The number of aryl methyl sites for hydroxylation is 2. The van der Waals surface area contributed by atoms with Crippen molar-refractivity contribution in [3.63, 3.8) is 0 Å². The van der Waals surface area contributed by atoms with Crippen molar-refractivity contribution in [2.24, 2.45) is 0 Å². The summed E-state index contributed by atoms with van der Waals surface area (Å²) in [5.41, 5.74) is 3.67. The molecule has 2 aliphatic heterocycles. The van der Waals surface area contributed by atoms with Crippen LogP contribution in [0.4, 0.5) is 5.69 Å². The molecule has 1 aromatic heterocycles. The Morgan fingerprint density at radius 1 is 1.33 bits per heavy atom. The summed E-state index contributed by atoms with van der Waals surface area (Å²) >= 11 is 3.41. The molecule has 6 heteroatoms. The second-order valence-corrected chi connectivity index (χ2v) is 9.91. The van der Waals surface area contributed by atoms with Crippen molar-refractivity contribution in [3.8, 4) is 0 Å². The van der Waals surface area contributed by atoms with Crippen LogP contribution in [0.3, 0.4) is 0 Å². The summed E-state index contributed by atoms with van der Waals surface area (Å²) in [6.07, 6.45) is 2.76. The molecule has 1 saturated heterocycles. The molecule has 27 heavy (non-hydrogen) atoms. The molecule has 0 spiro atoms. The van der Waals surface area contributed by atoms with E-state index in [2.05, 4.69) is 30.5 Å². The van der Waals surface area contributed by atoms with E-state index in [0.29, 0.717) is 25.9 Å². The first-order chi connectivity index (χ1) is 12.9. The van der Waals surface area contributed by atoms with E-state index in [9.17, 15) is 9.90 Å². The van der Waals surface area contributed by atoms with Gasteiger partial charge in [0.2, 0.25) is 5.91 Å². The van der Waals surface area contributed by atoms with Gasteiger partial charge in [-0.05, 0) is 60.5 Å². The summed E-state index contributed by atoms with van der Waals surface area (Å²) in [6.45, 7) is 4.69. The van der Waals surface area contributed by atoms with Crippen LogP contribution in [0.15, 0.2) is 32.7 Å². The molecule has 1 N–H and O–H groups in total. The van der Waals surface area contributed by atoms with Crippen molar-refractivity contribution >= 4 is 34.7 Å². The molecule has 0 bridgehead atoms. The van der Waals surface area contributed by atoms with Gasteiger partial charge < -0.3 is 14.7 Å². The van der Waals surface area contributed by atoms with Gasteiger partial charge in [-0.3, -0.25) is 4.79 Å². The fourth-order valence-corrected chi connectivity index (χ4v) is 6.34. The summed E-state index contributed by atoms with van der Waals surface area (Å²) in [6, 6.07) is 6.49. The van der Waals surface area contributed by atoms with Crippen LogP contribution in [-0.4, -0.2) is 30.8 Å². The number of carbonyl (C=O) groups is 1. The molecule has 4 nitrogen and oxygen atoms in total. The van der Waals surface area contributed by atoms with E-state index in [0.717, 1.165) is 23.2 Å². The third-order valence-electron chi connectivity index (χ3n) is 5.55. The lowest BCUT2D eigenvalue weighted by Gasteiger charge is -2.35. The topological polar surface area (TPSA) is 49.8 Å². The van der Waals surface area contributed by atoms with Crippen molar-refractivity contribution in [1.29, 1.82) is 0 Å². The molecule has 0 aliphatic carbocycles. The predicted molar refractivity (Wildman–Crippen MR) is 110 cm³/mol. The van der Waals surface area contributed by atoms with Gasteiger partial charge >= 0.3 is 0 Å². The summed E-state index contributed by atoms with van der Waals surface area (Å²) in [5.74, 6) is 0.188. The number of nitrogens with zero attached hydrogens (tertiary/aromatic N) is 1.